The highest BCUT2D eigenvalue weighted by molar-refractivity contribution is 6.31. The summed E-state index contributed by atoms with van der Waals surface area (Å²) in [7, 11) is 0. The van der Waals surface area contributed by atoms with Crippen molar-refractivity contribution in [3.8, 4) is 5.75 Å². The van der Waals surface area contributed by atoms with Crippen LogP contribution in [-0.2, 0) is 6.61 Å². The quantitative estimate of drug-likeness (QED) is 0.657. The number of benzene rings is 2. The van der Waals surface area contributed by atoms with Gasteiger partial charge in [0.1, 0.15) is 12.4 Å². The van der Waals surface area contributed by atoms with Crippen LogP contribution in [0.3, 0.4) is 0 Å². The molecule has 0 aliphatic rings. The van der Waals surface area contributed by atoms with Crippen molar-refractivity contribution in [2.24, 2.45) is 0 Å². The number of ether oxygens (including phenoxy) is 1. The van der Waals surface area contributed by atoms with Crippen molar-refractivity contribution in [3.05, 3.63) is 82.2 Å². The highest BCUT2D eigenvalue weighted by Gasteiger charge is 2.16. The highest BCUT2D eigenvalue weighted by atomic mass is 35.5. The van der Waals surface area contributed by atoms with Crippen LogP contribution in [-0.4, -0.2) is 17.0 Å². The molecule has 0 aliphatic heterocycles. The van der Waals surface area contributed by atoms with E-state index in [1.165, 1.54) is 6.07 Å². The van der Waals surface area contributed by atoms with Crippen LogP contribution in [0.5, 0.6) is 5.75 Å². The van der Waals surface area contributed by atoms with Crippen molar-refractivity contribution < 1.29 is 18.8 Å². The van der Waals surface area contributed by atoms with Gasteiger partial charge in [0.25, 0.3) is 5.91 Å². The summed E-state index contributed by atoms with van der Waals surface area (Å²) >= 11 is 6.12. The first-order chi connectivity index (χ1) is 13.0. The van der Waals surface area contributed by atoms with Crippen LogP contribution in [0.15, 0.2) is 59.1 Å². The molecule has 138 valence electrons. The van der Waals surface area contributed by atoms with E-state index in [2.05, 4.69) is 16.0 Å². The van der Waals surface area contributed by atoms with E-state index in [4.69, 9.17) is 20.9 Å². The molecule has 2 N–H and O–H groups in total. The first-order valence-electron chi connectivity index (χ1n) is 8.04. The Hall–Kier alpha value is -3.32. The van der Waals surface area contributed by atoms with E-state index in [-0.39, 0.29) is 17.9 Å². The maximum atomic E-state index is 12.4. The molecule has 1 heterocycles. The fraction of sp³-hybridized carbons (Fsp3) is 0.105. The van der Waals surface area contributed by atoms with Crippen molar-refractivity contribution in [1.29, 1.82) is 0 Å². The van der Waals surface area contributed by atoms with Gasteiger partial charge in [-0.15, -0.1) is 0 Å². The summed E-state index contributed by atoms with van der Waals surface area (Å²) in [5, 5.41) is 4.20. The SMILES string of the molecule is Cc1cc(C(=O)NNC(=O)c2ccccc2OCc2ccccc2Cl)on1. The predicted octanol–water partition coefficient (Wildman–Crippen LogP) is 3.29. The minimum atomic E-state index is -0.613. The summed E-state index contributed by atoms with van der Waals surface area (Å²) in [6.07, 6.45) is 0. The predicted molar refractivity (Wildman–Crippen MR) is 98.4 cm³/mol. The summed E-state index contributed by atoms with van der Waals surface area (Å²) in [6, 6.07) is 15.4. The summed E-state index contributed by atoms with van der Waals surface area (Å²) in [6.45, 7) is 1.89. The molecule has 7 nitrogen and oxygen atoms in total. The Morgan fingerprint density at radius 1 is 1.07 bits per heavy atom. The van der Waals surface area contributed by atoms with Crippen molar-refractivity contribution in [1.82, 2.24) is 16.0 Å². The number of nitrogens with zero attached hydrogens (tertiary/aromatic N) is 1. The zero-order chi connectivity index (χ0) is 19.2. The molecule has 1 aromatic heterocycles. The van der Waals surface area contributed by atoms with Gasteiger partial charge in [-0.1, -0.05) is 47.1 Å². The summed E-state index contributed by atoms with van der Waals surface area (Å²) in [5.74, 6) is -0.788. The fourth-order valence-electron chi connectivity index (χ4n) is 2.26. The minimum Gasteiger partial charge on any atom is -0.488 e. The van der Waals surface area contributed by atoms with Crippen LogP contribution < -0.4 is 15.6 Å². The number of hydrazine groups is 1. The third-order valence-corrected chi connectivity index (χ3v) is 3.98. The number of carbonyl (C=O) groups excluding carboxylic acids is 2. The molecule has 0 aliphatic carbocycles. The number of aryl methyl sites for hydroxylation is 1. The van der Waals surface area contributed by atoms with Gasteiger partial charge in [0.15, 0.2) is 0 Å². The largest absolute Gasteiger partial charge is 0.488 e. The Bertz CT molecular complexity index is 971. The molecule has 0 unspecified atom stereocenters. The first-order valence-corrected chi connectivity index (χ1v) is 8.41. The number of nitrogens with one attached hydrogen (secondary N) is 2. The summed E-state index contributed by atoms with van der Waals surface area (Å²) in [5.41, 5.74) is 6.21. The van der Waals surface area contributed by atoms with Gasteiger partial charge < -0.3 is 9.26 Å². The molecule has 2 amide bonds. The third kappa shape index (κ3) is 4.65. The van der Waals surface area contributed by atoms with Gasteiger partial charge in [-0.2, -0.15) is 0 Å². The molecule has 2 aromatic carbocycles. The Kier molecular flexibility index (Phi) is 5.73. The van der Waals surface area contributed by atoms with Gasteiger partial charge in [-0.3, -0.25) is 20.4 Å². The minimum absolute atomic E-state index is 0.00365. The van der Waals surface area contributed by atoms with Crippen LogP contribution in [0.4, 0.5) is 0 Å². The van der Waals surface area contributed by atoms with Gasteiger partial charge in [0.2, 0.25) is 5.76 Å². The van der Waals surface area contributed by atoms with E-state index in [9.17, 15) is 9.59 Å². The Morgan fingerprint density at radius 3 is 2.52 bits per heavy atom. The van der Waals surface area contributed by atoms with Crippen molar-refractivity contribution >= 4 is 23.4 Å². The maximum absolute atomic E-state index is 12.4. The lowest BCUT2D eigenvalue weighted by Gasteiger charge is -2.12. The zero-order valence-corrected chi connectivity index (χ0v) is 15.1. The maximum Gasteiger partial charge on any atom is 0.308 e. The van der Waals surface area contributed by atoms with Gasteiger partial charge in [-0.05, 0) is 25.1 Å². The Morgan fingerprint density at radius 2 is 1.78 bits per heavy atom. The van der Waals surface area contributed by atoms with Crippen molar-refractivity contribution in [2.45, 2.75) is 13.5 Å². The van der Waals surface area contributed by atoms with E-state index in [1.54, 1.807) is 37.3 Å². The normalized spacial score (nSPS) is 10.3. The van der Waals surface area contributed by atoms with Gasteiger partial charge in [-0.25, -0.2) is 0 Å². The van der Waals surface area contributed by atoms with Crippen LogP contribution >= 0.6 is 11.6 Å². The summed E-state index contributed by atoms with van der Waals surface area (Å²) < 4.78 is 10.6. The number of para-hydroxylation sites is 1. The van der Waals surface area contributed by atoms with Crippen LogP contribution in [0.2, 0.25) is 5.02 Å². The first kappa shape index (κ1) is 18.5. The molecule has 3 rings (SSSR count). The molecule has 0 bridgehead atoms. The molecule has 0 fully saturated rings. The highest BCUT2D eigenvalue weighted by Crippen LogP contribution is 2.21. The topological polar surface area (TPSA) is 93.5 Å². The summed E-state index contributed by atoms with van der Waals surface area (Å²) in [4.78, 5) is 24.3. The monoisotopic (exact) mass is 385 g/mol. The van der Waals surface area contributed by atoms with Crippen LogP contribution in [0, 0.1) is 6.92 Å². The van der Waals surface area contributed by atoms with Crippen LogP contribution in [0.1, 0.15) is 32.2 Å². The molecule has 0 radical (unpaired) electrons. The number of hydrogen-bond donors (Lipinski definition) is 2. The second kappa shape index (κ2) is 8.37. The number of carbonyl (C=O) groups is 2. The van der Waals surface area contributed by atoms with E-state index < -0.39 is 11.8 Å². The zero-order valence-electron chi connectivity index (χ0n) is 14.4. The van der Waals surface area contributed by atoms with E-state index >= 15 is 0 Å². The second-order valence-corrected chi connectivity index (χ2v) is 6.02. The number of aromatic nitrogens is 1. The number of amides is 2. The lowest BCUT2D eigenvalue weighted by atomic mass is 10.2. The number of rotatable bonds is 5. The molecule has 8 heteroatoms. The van der Waals surface area contributed by atoms with E-state index in [0.29, 0.717) is 16.5 Å². The van der Waals surface area contributed by atoms with Crippen molar-refractivity contribution in [2.75, 3.05) is 0 Å². The van der Waals surface area contributed by atoms with Gasteiger partial charge in [0, 0.05) is 16.7 Å². The molecular weight excluding hydrogens is 370 g/mol. The number of halogens is 1. The third-order valence-electron chi connectivity index (χ3n) is 3.61. The Labute approximate surface area is 160 Å². The Balaban J connectivity index is 1.65. The average Bonchev–Trinajstić information content (AvgIpc) is 3.12. The second-order valence-electron chi connectivity index (χ2n) is 5.62. The van der Waals surface area contributed by atoms with Crippen LogP contribution in [0.25, 0.3) is 0 Å². The van der Waals surface area contributed by atoms with E-state index in [0.717, 1.165) is 5.56 Å². The lowest BCUT2D eigenvalue weighted by Crippen LogP contribution is -2.41. The molecule has 3 aromatic rings. The average molecular weight is 386 g/mol. The van der Waals surface area contributed by atoms with Gasteiger partial charge in [0.05, 0.1) is 11.3 Å². The van der Waals surface area contributed by atoms with Crippen molar-refractivity contribution in [3.63, 3.8) is 0 Å². The van der Waals surface area contributed by atoms with Gasteiger partial charge >= 0.3 is 5.91 Å². The molecule has 0 saturated carbocycles. The molecule has 0 spiro atoms. The molecule has 27 heavy (non-hydrogen) atoms. The standard InChI is InChI=1S/C19H16ClN3O4/c1-12-10-17(27-23-12)19(25)22-21-18(24)14-7-3-5-9-16(14)26-11-13-6-2-4-8-15(13)20/h2-10H,11H2,1H3,(H,21,24)(H,22,25). The van der Waals surface area contributed by atoms with E-state index in [1.807, 2.05) is 18.2 Å². The number of hydrogen-bond acceptors (Lipinski definition) is 5. The molecule has 0 atom stereocenters. The smallest absolute Gasteiger partial charge is 0.308 e. The fourth-order valence-corrected chi connectivity index (χ4v) is 2.45. The lowest BCUT2D eigenvalue weighted by molar-refractivity contribution is 0.0823. The molecule has 0 saturated heterocycles. The molecular formula is C19H16ClN3O4.